The molecule has 1 aliphatic carbocycles. The first-order chi connectivity index (χ1) is 8.41. The van der Waals surface area contributed by atoms with E-state index in [9.17, 15) is 9.59 Å². The smallest absolute Gasteiger partial charge is 0.331 e. The van der Waals surface area contributed by atoms with Crippen LogP contribution in [0.4, 0.5) is 0 Å². The molecule has 2 aliphatic rings. The van der Waals surface area contributed by atoms with E-state index < -0.39 is 0 Å². The molecular formula is C15H22O3. The summed E-state index contributed by atoms with van der Waals surface area (Å²) in [6.07, 6.45) is 3.43. The number of Topliss-reactive ketones (excluding diaryl/α,β-unsaturated/α-hetero) is 1. The van der Waals surface area contributed by atoms with Crippen LogP contribution in [0, 0.1) is 23.7 Å². The molecule has 4 atom stereocenters. The van der Waals surface area contributed by atoms with Crippen molar-refractivity contribution in [2.75, 3.05) is 0 Å². The Morgan fingerprint density at radius 2 is 2.06 bits per heavy atom. The van der Waals surface area contributed by atoms with E-state index in [4.69, 9.17) is 4.74 Å². The largest absolute Gasteiger partial charge is 0.454 e. The van der Waals surface area contributed by atoms with Gasteiger partial charge in [-0.1, -0.05) is 20.8 Å². The van der Waals surface area contributed by atoms with Crippen LogP contribution >= 0.6 is 0 Å². The molecule has 18 heavy (non-hydrogen) atoms. The van der Waals surface area contributed by atoms with Gasteiger partial charge >= 0.3 is 5.97 Å². The van der Waals surface area contributed by atoms with Crippen LogP contribution in [0.5, 0.6) is 0 Å². The third-order valence-electron chi connectivity index (χ3n) is 4.45. The molecular weight excluding hydrogens is 228 g/mol. The lowest BCUT2D eigenvalue weighted by molar-refractivity contribution is -0.143. The highest BCUT2D eigenvalue weighted by Crippen LogP contribution is 2.44. The molecule has 3 nitrogen and oxygen atoms in total. The number of carbonyl (C=O) groups is 2. The highest BCUT2D eigenvalue weighted by atomic mass is 16.5. The van der Waals surface area contributed by atoms with Crippen LogP contribution in [0.25, 0.3) is 0 Å². The Morgan fingerprint density at radius 3 is 2.61 bits per heavy atom. The Hall–Kier alpha value is -1.12. The predicted molar refractivity (Wildman–Crippen MR) is 68.9 cm³/mol. The fourth-order valence-electron chi connectivity index (χ4n) is 3.45. The van der Waals surface area contributed by atoms with E-state index in [1.807, 2.05) is 0 Å². The molecule has 1 fully saturated rings. The monoisotopic (exact) mass is 250 g/mol. The second-order valence-corrected chi connectivity index (χ2v) is 6.01. The van der Waals surface area contributed by atoms with E-state index in [0.717, 1.165) is 18.4 Å². The van der Waals surface area contributed by atoms with Gasteiger partial charge in [0.05, 0.1) is 0 Å². The number of carbonyl (C=O) groups excluding carboxylic acids is 2. The standard InChI is InChI=1S/C15H22O3/c1-8(2)12-7-13(17)18-15(12)14-9(3)5-6-11(14)10(4)16/h7-9,11,14-15H,5-6H2,1-4H3/t9-,11-,14-,15+/m1/s1. The van der Waals surface area contributed by atoms with Crippen LogP contribution in [0.15, 0.2) is 11.6 Å². The lowest BCUT2D eigenvalue weighted by Gasteiger charge is -2.29. The molecule has 0 bridgehead atoms. The van der Waals surface area contributed by atoms with Crippen molar-refractivity contribution in [3.05, 3.63) is 11.6 Å². The number of esters is 1. The number of hydrogen-bond donors (Lipinski definition) is 0. The highest BCUT2D eigenvalue weighted by molar-refractivity contribution is 5.86. The zero-order valence-corrected chi connectivity index (χ0v) is 11.6. The van der Waals surface area contributed by atoms with Crippen molar-refractivity contribution in [1.29, 1.82) is 0 Å². The van der Waals surface area contributed by atoms with E-state index in [2.05, 4.69) is 20.8 Å². The van der Waals surface area contributed by atoms with Crippen LogP contribution in [0.2, 0.25) is 0 Å². The second kappa shape index (κ2) is 4.87. The summed E-state index contributed by atoms with van der Waals surface area (Å²) in [5, 5.41) is 0. The average molecular weight is 250 g/mol. The molecule has 0 aromatic rings. The molecule has 0 saturated heterocycles. The van der Waals surface area contributed by atoms with Crippen molar-refractivity contribution in [2.24, 2.45) is 23.7 Å². The van der Waals surface area contributed by atoms with Gasteiger partial charge in [-0.2, -0.15) is 0 Å². The Kier molecular flexibility index (Phi) is 3.60. The lowest BCUT2D eigenvalue weighted by Crippen LogP contribution is -2.34. The quantitative estimate of drug-likeness (QED) is 0.723. The highest BCUT2D eigenvalue weighted by Gasteiger charge is 2.46. The van der Waals surface area contributed by atoms with Crippen LogP contribution in [-0.4, -0.2) is 17.9 Å². The maximum Gasteiger partial charge on any atom is 0.331 e. The molecule has 3 heteroatoms. The summed E-state index contributed by atoms with van der Waals surface area (Å²) in [5.74, 6) is 0.944. The molecule has 1 heterocycles. The van der Waals surface area contributed by atoms with Crippen molar-refractivity contribution < 1.29 is 14.3 Å². The van der Waals surface area contributed by atoms with Gasteiger partial charge < -0.3 is 4.74 Å². The topological polar surface area (TPSA) is 43.4 Å². The molecule has 0 aromatic heterocycles. The number of rotatable bonds is 3. The molecule has 1 saturated carbocycles. The average Bonchev–Trinajstić information content (AvgIpc) is 2.81. The van der Waals surface area contributed by atoms with Crippen molar-refractivity contribution in [3.8, 4) is 0 Å². The molecule has 1 aliphatic heterocycles. The molecule has 0 amide bonds. The van der Waals surface area contributed by atoms with Crippen molar-refractivity contribution >= 4 is 11.8 Å². The summed E-state index contributed by atoms with van der Waals surface area (Å²) in [4.78, 5) is 23.3. The van der Waals surface area contributed by atoms with Gasteiger partial charge in [-0.15, -0.1) is 0 Å². The van der Waals surface area contributed by atoms with Crippen molar-refractivity contribution in [3.63, 3.8) is 0 Å². The number of ether oxygens (including phenoxy) is 1. The Labute approximate surface area is 109 Å². The van der Waals surface area contributed by atoms with Gasteiger partial charge in [0, 0.05) is 17.9 Å². The fourth-order valence-corrected chi connectivity index (χ4v) is 3.45. The van der Waals surface area contributed by atoms with Crippen LogP contribution in [0.1, 0.15) is 40.5 Å². The summed E-state index contributed by atoms with van der Waals surface area (Å²) < 4.78 is 5.49. The van der Waals surface area contributed by atoms with Crippen molar-refractivity contribution in [1.82, 2.24) is 0 Å². The normalized spacial score (nSPS) is 35.8. The molecule has 100 valence electrons. The third kappa shape index (κ3) is 2.23. The Balaban J connectivity index is 2.27. The van der Waals surface area contributed by atoms with E-state index in [1.54, 1.807) is 13.0 Å². The number of hydrogen-bond acceptors (Lipinski definition) is 3. The summed E-state index contributed by atoms with van der Waals surface area (Å²) in [7, 11) is 0. The minimum Gasteiger partial charge on any atom is -0.454 e. The van der Waals surface area contributed by atoms with Crippen molar-refractivity contribution in [2.45, 2.75) is 46.6 Å². The maximum absolute atomic E-state index is 11.8. The fraction of sp³-hybridized carbons (Fsp3) is 0.733. The maximum atomic E-state index is 11.8. The molecule has 0 unspecified atom stereocenters. The minimum atomic E-state index is -0.245. The zero-order valence-electron chi connectivity index (χ0n) is 11.6. The van der Waals surface area contributed by atoms with Gasteiger partial charge in [0.25, 0.3) is 0 Å². The lowest BCUT2D eigenvalue weighted by atomic mass is 9.78. The van der Waals surface area contributed by atoms with E-state index in [-0.39, 0.29) is 29.7 Å². The Morgan fingerprint density at radius 1 is 1.39 bits per heavy atom. The minimum absolute atomic E-state index is 0.0537. The van der Waals surface area contributed by atoms with Gasteiger partial charge in [-0.25, -0.2) is 4.79 Å². The van der Waals surface area contributed by atoms with Gasteiger partial charge in [0.1, 0.15) is 11.9 Å². The van der Waals surface area contributed by atoms with Gasteiger partial charge in [-0.3, -0.25) is 4.79 Å². The first-order valence-corrected chi connectivity index (χ1v) is 6.84. The van der Waals surface area contributed by atoms with Gasteiger partial charge in [0.15, 0.2) is 0 Å². The Bertz CT molecular complexity index is 395. The third-order valence-corrected chi connectivity index (χ3v) is 4.45. The SMILES string of the molecule is CC(=O)[C@H]1CC[C@@H](C)[C@H]1[C@H]1OC(=O)C=C1C(C)C. The first kappa shape index (κ1) is 13.3. The van der Waals surface area contributed by atoms with Crippen LogP contribution < -0.4 is 0 Å². The van der Waals surface area contributed by atoms with Gasteiger partial charge in [0.2, 0.25) is 0 Å². The first-order valence-electron chi connectivity index (χ1n) is 6.84. The molecule has 0 spiro atoms. The second-order valence-electron chi connectivity index (χ2n) is 6.01. The molecule has 2 rings (SSSR count). The molecule has 0 aromatic carbocycles. The van der Waals surface area contributed by atoms with Crippen LogP contribution in [-0.2, 0) is 14.3 Å². The predicted octanol–water partition coefficient (Wildman–Crippen LogP) is 2.75. The van der Waals surface area contributed by atoms with Crippen LogP contribution in [0.3, 0.4) is 0 Å². The van der Waals surface area contributed by atoms with Gasteiger partial charge in [-0.05, 0) is 37.2 Å². The summed E-state index contributed by atoms with van der Waals surface area (Å²) >= 11 is 0. The van der Waals surface area contributed by atoms with E-state index in [0.29, 0.717) is 11.8 Å². The van der Waals surface area contributed by atoms with E-state index in [1.165, 1.54) is 0 Å². The number of ketones is 1. The summed E-state index contributed by atoms with van der Waals surface area (Å²) in [6.45, 7) is 7.97. The van der Waals surface area contributed by atoms with E-state index >= 15 is 0 Å². The molecule has 0 radical (unpaired) electrons. The number of cyclic esters (lactones) is 1. The molecule has 0 N–H and O–H groups in total. The summed E-state index contributed by atoms with van der Waals surface area (Å²) in [5.41, 5.74) is 1.06. The summed E-state index contributed by atoms with van der Waals surface area (Å²) in [6, 6.07) is 0. The zero-order chi connectivity index (χ0) is 13.4.